The van der Waals surface area contributed by atoms with Crippen molar-refractivity contribution < 1.29 is 9.47 Å². The average Bonchev–Trinajstić information content (AvgIpc) is 2.10. The van der Waals surface area contributed by atoms with Crippen LogP contribution < -0.4 is 0 Å². The van der Waals surface area contributed by atoms with Gasteiger partial charge in [0, 0.05) is 11.8 Å². The Hall–Kier alpha value is 0.500. The topological polar surface area (TPSA) is 18.5 Å². The molecule has 0 aromatic rings. The Labute approximate surface area is 77.8 Å². The summed E-state index contributed by atoms with van der Waals surface area (Å²) in [4.78, 5) is 0. The Morgan fingerprint density at radius 2 is 1.18 bits per heavy atom. The Kier molecular flexibility index (Phi) is 11.0. The van der Waals surface area contributed by atoms with Gasteiger partial charge in [-0.3, -0.25) is 0 Å². The molecule has 0 aromatic heterocycles. The molecule has 0 bridgehead atoms. The van der Waals surface area contributed by atoms with E-state index in [1.807, 2.05) is 0 Å². The molecule has 1 fully saturated rings. The normalized spacial score (nSPS) is 16.9. The number of halogens is 2. The zero-order valence-electron chi connectivity index (χ0n) is 6.52. The molecule has 11 heavy (non-hydrogen) atoms. The zero-order valence-corrected chi connectivity index (χ0v) is 8.03. The van der Waals surface area contributed by atoms with Gasteiger partial charge in [-0.2, -0.15) is 0 Å². The molecule has 0 aromatic carbocycles. The standard InChI is InChI=1S/C4H8O2.C3H6Cl2/c1-2-6-4-3-5-1;4-2-1-3-5/h1-4H2;1-3H2. The Morgan fingerprint density at radius 1 is 0.818 bits per heavy atom. The van der Waals surface area contributed by atoms with Gasteiger partial charge in [0.05, 0.1) is 26.4 Å². The van der Waals surface area contributed by atoms with Crippen LogP contribution in [0.4, 0.5) is 0 Å². The molecule has 1 saturated heterocycles. The summed E-state index contributed by atoms with van der Waals surface area (Å²) >= 11 is 10.4. The number of alkyl halides is 2. The van der Waals surface area contributed by atoms with Crippen LogP contribution in [-0.2, 0) is 9.47 Å². The van der Waals surface area contributed by atoms with E-state index < -0.39 is 0 Å². The van der Waals surface area contributed by atoms with Gasteiger partial charge in [-0.05, 0) is 6.42 Å². The van der Waals surface area contributed by atoms with E-state index in [-0.39, 0.29) is 0 Å². The van der Waals surface area contributed by atoms with Crippen LogP contribution in [0.25, 0.3) is 0 Å². The minimum atomic E-state index is 0.684. The zero-order chi connectivity index (χ0) is 8.36. The van der Waals surface area contributed by atoms with Gasteiger partial charge in [-0.15, -0.1) is 23.2 Å². The Balaban J connectivity index is 0.000000187. The predicted octanol–water partition coefficient (Wildman–Crippen LogP) is 1.89. The van der Waals surface area contributed by atoms with Crippen LogP contribution >= 0.6 is 23.2 Å². The first-order valence-corrected chi connectivity index (χ1v) is 4.76. The highest BCUT2D eigenvalue weighted by molar-refractivity contribution is 6.20. The molecule has 0 aliphatic carbocycles. The molecule has 1 aliphatic heterocycles. The molecular formula is C7H14Cl2O2. The quantitative estimate of drug-likeness (QED) is 0.635. The van der Waals surface area contributed by atoms with Gasteiger partial charge in [-0.1, -0.05) is 0 Å². The maximum Gasteiger partial charge on any atom is 0.0701 e. The molecule has 0 atom stereocenters. The molecule has 68 valence electrons. The van der Waals surface area contributed by atoms with E-state index in [9.17, 15) is 0 Å². The summed E-state index contributed by atoms with van der Waals surface area (Å²) in [5.41, 5.74) is 0. The second-order valence-corrected chi connectivity index (χ2v) is 2.71. The second kappa shape index (κ2) is 10.5. The fraction of sp³-hybridized carbons (Fsp3) is 1.00. The third-order valence-electron chi connectivity index (χ3n) is 1.01. The Bertz CT molecular complexity index is 54.0. The highest BCUT2D eigenvalue weighted by Crippen LogP contribution is 1.85. The fourth-order valence-corrected chi connectivity index (χ4v) is 0.894. The van der Waals surface area contributed by atoms with E-state index in [4.69, 9.17) is 32.7 Å². The molecule has 0 saturated carbocycles. The minimum absolute atomic E-state index is 0.684. The first-order valence-electron chi connectivity index (χ1n) is 3.69. The van der Waals surface area contributed by atoms with Crippen molar-refractivity contribution in [2.75, 3.05) is 38.2 Å². The number of ether oxygens (including phenoxy) is 2. The van der Waals surface area contributed by atoms with Crippen LogP contribution in [0.1, 0.15) is 6.42 Å². The first kappa shape index (κ1) is 11.5. The highest BCUT2D eigenvalue weighted by atomic mass is 35.5. The van der Waals surface area contributed by atoms with Gasteiger partial charge in [0.15, 0.2) is 0 Å². The van der Waals surface area contributed by atoms with Gasteiger partial charge in [0.25, 0.3) is 0 Å². The van der Waals surface area contributed by atoms with E-state index in [0.29, 0.717) is 11.8 Å². The van der Waals surface area contributed by atoms with Crippen molar-refractivity contribution in [3.05, 3.63) is 0 Å². The van der Waals surface area contributed by atoms with Crippen LogP contribution in [0.3, 0.4) is 0 Å². The Morgan fingerprint density at radius 3 is 1.27 bits per heavy atom. The van der Waals surface area contributed by atoms with Crippen molar-refractivity contribution in [1.29, 1.82) is 0 Å². The molecular weight excluding hydrogens is 187 g/mol. The van der Waals surface area contributed by atoms with Gasteiger partial charge in [0.1, 0.15) is 0 Å². The summed E-state index contributed by atoms with van der Waals surface area (Å²) in [5.74, 6) is 1.37. The van der Waals surface area contributed by atoms with Crippen molar-refractivity contribution >= 4 is 23.2 Å². The molecule has 0 amide bonds. The summed E-state index contributed by atoms with van der Waals surface area (Å²) in [6.45, 7) is 3.11. The second-order valence-electron chi connectivity index (χ2n) is 1.96. The van der Waals surface area contributed by atoms with Crippen LogP contribution in [-0.4, -0.2) is 38.2 Å². The number of hydrogen-bond acceptors (Lipinski definition) is 2. The summed E-state index contributed by atoms with van der Waals surface area (Å²) in [7, 11) is 0. The van der Waals surface area contributed by atoms with Crippen LogP contribution in [0.15, 0.2) is 0 Å². The van der Waals surface area contributed by atoms with Crippen molar-refractivity contribution in [1.82, 2.24) is 0 Å². The smallest absolute Gasteiger partial charge is 0.0701 e. The number of hydrogen-bond donors (Lipinski definition) is 0. The lowest BCUT2D eigenvalue weighted by atomic mass is 10.6. The van der Waals surface area contributed by atoms with Crippen molar-refractivity contribution in [2.45, 2.75) is 6.42 Å². The average molecular weight is 201 g/mol. The lowest BCUT2D eigenvalue weighted by Gasteiger charge is -2.09. The van der Waals surface area contributed by atoms with E-state index in [0.717, 1.165) is 32.8 Å². The molecule has 0 N–H and O–H groups in total. The van der Waals surface area contributed by atoms with Gasteiger partial charge in [0.2, 0.25) is 0 Å². The lowest BCUT2D eigenvalue weighted by Crippen LogP contribution is -2.16. The molecule has 1 aliphatic rings. The third-order valence-corrected chi connectivity index (χ3v) is 1.55. The maximum absolute atomic E-state index is 5.22. The van der Waals surface area contributed by atoms with E-state index in [2.05, 4.69) is 0 Å². The molecule has 0 radical (unpaired) electrons. The maximum atomic E-state index is 5.22. The SMILES string of the molecule is C1COCCO1.ClCCCCl. The van der Waals surface area contributed by atoms with Gasteiger partial charge in [-0.25, -0.2) is 0 Å². The summed E-state index contributed by atoms with van der Waals surface area (Å²) in [6.07, 6.45) is 0.920. The van der Waals surface area contributed by atoms with Crippen LogP contribution in [0.2, 0.25) is 0 Å². The summed E-state index contributed by atoms with van der Waals surface area (Å²) in [5, 5.41) is 0. The highest BCUT2D eigenvalue weighted by Gasteiger charge is 1.94. The molecule has 1 rings (SSSR count). The number of rotatable bonds is 2. The first-order chi connectivity index (χ1) is 5.41. The van der Waals surface area contributed by atoms with Gasteiger partial charge >= 0.3 is 0 Å². The van der Waals surface area contributed by atoms with Crippen LogP contribution in [0, 0.1) is 0 Å². The van der Waals surface area contributed by atoms with Crippen molar-refractivity contribution in [2.24, 2.45) is 0 Å². The minimum Gasteiger partial charge on any atom is -0.377 e. The lowest BCUT2D eigenvalue weighted by molar-refractivity contribution is -0.0334. The predicted molar refractivity (Wildman–Crippen MR) is 47.7 cm³/mol. The fourth-order valence-electron chi connectivity index (χ4n) is 0.490. The monoisotopic (exact) mass is 200 g/mol. The van der Waals surface area contributed by atoms with Crippen molar-refractivity contribution in [3.63, 3.8) is 0 Å². The van der Waals surface area contributed by atoms with Crippen LogP contribution in [0.5, 0.6) is 0 Å². The molecule has 0 unspecified atom stereocenters. The molecule has 4 heteroatoms. The largest absolute Gasteiger partial charge is 0.377 e. The summed E-state index contributed by atoms with van der Waals surface area (Å²) in [6, 6.07) is 0. The third kappa shape index (κ3) is 10.5. The van der Waals surface area contributed by atoms with E-state index in [1.54, 1.807) is 0 Å². The molecule has 1 heterocycles. The van der Waals surface area contributed by atoms with E-state index in [1.165, 1.54) is 0 Å². The van der Waals surface area contributed by atoms with Crippen molar-refractivity contribution in [3.8, 4) is 0 Å². The molecule has 2 nitrogen and oxygen atoms in total. The van der Waals surface area contributed by atoms with Gasteiger partial charge < -0.3 is 9.47 Å². The molecule has 0 spiro atoms. The van der Waals surface area contributed by atoms with E-state index >= 15 is 0 Å². The summed E-state index contributed by atoms with van der Waals surface area (Å²) < 4.78 is 9.89.